The number of benzene rings is 3. The number of aliphatic hydroxyl groups is 1. The highest BCUT2D eigenvalue weighted by Gasteiger charge is 2.50. The first-order valence-corrected chi connectivity index (χ1v) is 36.3. The Hall–Kier alpha value is -8.44. The van der Waals surface area contributed by atoms with E-state index in [2.05, 4.69) is 41.5 Å². The van der Waals surface area contributed by atoms with Gasteiger partial charge in [0.2, 0.25) is 41.4 Å². The van der Waals surface area contributed by atoms with Crippen LogP contribution in [0.5, 0.6) is 5.75 Å². The quantitative estimate of drug-likeness (QED) is 0.0242. The summed E-state index contributed by atoms with van der Waals surface area (Å²) in [7, 11) is -5.10. The molecule has 528 valence electrons. The highest BCUT2D eigenvalue weighted by molar-refractivity contribution is 7.70. The van der Waals surface area contributed by atoms with Gasteiger partial charge in [0.25, 0.3) is 11.4 Å². The Morgan fingerprint density at radius 2 is 1.71 bits per heavy atom. The lowest BCUT2D eigenvalue weighted by Crippen LogP contribution is -2.61. The summed E-state index contributed by atoms with van der Waals surface area (Å²) < 4.78 is 25.7. The topological polar surface area (TPSA) is 393 Å². The maximum Gasteiger partial charge on any atom is 0.396 e. The van der Waals surface area contributed by atoms with Gasteiger partial charge >= 0.3 is 7.60 Å². The molecule has 8 atom stereocenters. The van der Waals surface area contributed by atoms with Gasteiger partial charge in [-0.05, 0) is 112 Å². The van der Waals surface area contributed by atoms with Gasteiger partial charge in [-0.3, -0.25) is 47.7 Å². The third-order valence-electron chi connectivity index (χ3n) is 19.2. The van der Waals surface area contributed by atoms with Crippen molar-refractivity contribution in [3.05, 3.63) is 117 Å². The van der Waals surface area contributed by atoms with Crippen molar-refractivity contribution < 1.29 is 72.1 Å². The number of ether oxygens (including phenoxy) is 2. The smallest absolute Gasteiger partial charge is 0.396 e. The number of primary amides is 1. The number of rotatable bonds is 26. The number of hydrogen-bond donors (Lipinski definition) is 9. The molecule has 5 aliphatic rings. The minimum absolute atomic E-state index is 0.00213. The molecule has 11 rings (SSSR count). The first kappa shape index (κ1) is 71.8. The van der Waals surface area contributed by atoms with E-state index in [-0.39, 0.29) is 112 Å². The van der Waals surface area contributed by atoms with Crippen LogP contribution in [0, 0.1) is 12.3 Å². The van der Waals surface area contributed by atoms with Crippen molar-refractivity contribution in [1.29, 1.82) is 0 Å². The van der Waals surface area contributed by atoms with Crippen LogP contribution in [0.4, 0.5) is 0 Å². The molecule has 0 unspecified atom stereocenters. The zero-order chi connectivity index (χ0) is 70.6. The molecule has 1 aliphatic carbocycles. The summed E-state index contributed by atoms with van der Waals surface area (Å²) in [6, 6.07) is 11.8. The predicted molar refractivity (Wildman–Crippen MR) is 363 cm³/mol. The number of aliphatic hydroxyl groups excluding tert-OH is 1. The average Bonchev–Trinajstić information content (AvgIpc) is 1.58. The maximum absolute atomic E-state index is 14.9. The summed E-state index contributed by atoms with van der Waals surface area (Å²) >= 11 is 8.48. The Morgan fingerprint density at radius 3 is 2.42 bits per heavy atom. The van der Waals surface area contributed by atoms with E-state index in [1.807, 2.05) is 51.1 Å². The van der Waals surface area contributed by atoms with Crippen LogP contribution in [0.3, 0.4) is 0 Å². The standard InChI is InChI=1S/C68H83ClN13O15PS/c1-37-60(99-36-72-37)42-16-12-39(13-17-42)49(75-64(89)53-29-47(84)31-80(53)66(91)61-68(3,4)35-96-34-54-59(41-14-15-41)77-78-82(54)61)30-57(86)71-25-7-5-6-9-40-10-8-11-55(58(40)69)97-33-45(19-23-56(70)85)73-63(88)52-22-20-46-24-26-79(38(2)83)32-51(65(90)81(46)52)76-62(87)50-28-44-27-43(18-21-48(44)74-50)67(92)98(93,94)95/h8,10-13,16-18,21,27-28,36,41,45-47,49,51-53,61,74,84H,5-7,9,14-15,19-20,22-26,29-35H2,1-4H3,(H2,70,85)(H,71,86)(H,73,88)(H,75,89)(H,76,87)(H2,93,94,95)/t45-,46+,47+,49-,51-,52-,53-,61+/m0/s1. The van der Waals surface area contributed by atoms with Crippen LogP contribution in [0.1, 0.15) is 165 Å². The first-order valence-electron chi connectivity index (χ1n) is 33.4. The maximum atomic E-state index is 14.9. The van der Waals surface area contributed by atoms with Crippen LogP contribution in [0.15, 0.2) is 72.2 Å². The molecule has 7 heterocycles. The Labute approximate surface area is 580 Å². The van der Waals surface area contributed by atoms with E-state index >= 15 is 0 Å². The molecular weight excluding hydrogens is 1340 g/mol. The lowest BCUT2D eigenvalue weighted by molar-refractivity contribution is -0.145. The average molecular weight is 1420 g/mol. The summed E-state index contributed by atoms with van der Waals surface area (Å²) in [5.74, 6) is -3.46. The van der Waals surface area contributed by atoms with Crippen molar-refractivity contribution in [3.8, 4) is 16.2 Å². The molecule has 1 saturated carbocycles. The number of nitrogens with zero attached hydrogens (tertiary/aromatic N) is 7. The van der Waals surface area contributed by atoms with Crippen molar-refractivity contribution in [2.45, 2.75) is 172 Å². The van der Waals surface area contributed by atoms with Gasteiger partial charge in [0.05, 0.1) is 70.3 Å². The van der Waals surface area contributed by atoms with Crippen LogP contribution in [0.2, 0.25) is 5.02 Å². The fourth-order valence-electron chi connectivity index (χ4n) is 13.8. The fourth-order valence-corrected chi connectivity index (χ4v) is 15.4. The number of hydrogen-bond acceptors (Lipinski definition) is 17. The molecule has 6 aromatic rings. The number of thiazole rings is 1. The Kier molecular flexibility index (Phi) is 22.2. The molecule has 10 N–H and O–H groups in total. The van der Waals surface area contributed by atoms with Gasteiger partial charge in [-0.2, -0.15) is 0 Å². The number of aromatic amines is 1. The number of unbranched alkanes of at least 4 members (excludes halogenated alkanes) is 2. The van der Waals surface area contributed by atoms with E-state index in [4.69, 9.17) is 26.8 Å². The van der Waals surface area contributed by atoms with Crippen molar-refractivity contribution in [1.82, 2.24) is 60.9 Å². The van der Waals surface area contributed by atoms with Crippen molar-refractivity contribution in [2.75, 3.05) is 39.4 Å². The Bertz CT molecular complexity index is 4110. The lowest BCUT2D eigenvalue weighted by Gasteiger charge is -2.38. The van der Waals surface area contributed by atoms with E-state index in [1.165, 1.54) is 57.2 Å². The number of carbonyl (C=O) groups excluding carboxylic acids is 9. The zero-order valence-electron chi connectivity index (χ0n) is 55.4. The number of aryl methyl sites for hydroxylation is 2. The minimum atomic E-state index is -5.10. The minimum Gasteiger partial charge on any atom is -0.490 e. The number of carbonyl (C=O) groups is 9. The summed E-state index contributed by atoms with van der Waals surface area (Å²) in [5.41, 5.74) is 10.1. The van der Waals surface area contributed by atoms with E-state index in [0.717, 1.165) is 45.9 Å². The molecule has 8 amide bonds. The number of amides is 8. The second-order valence-electron chi connectivity index (χ2n) is 27.1. The highest BCUT2D eigenvalue weighted by Crippen LogP contribution is 2.45. The molecule has 99 heavy (non-hydrogen) atoms. The van der Waals surface area contributed by atoms with Crippen LogP contribution in [-0.2, 0) is 55.9 Å². The number of fused-ring (bicyclic) bond motifs is 3. The summed E-state index contributed by atoms with van der Waals surface area (Å²) in [6.07, 6.45) is 4.38. The number of aromatic nitrogens is 5. The highest BCUT2D eigenvalue weighted by atomic mass is 35.5. The van der Waals surface area contributed by atoms with Gasteiger partial charge < -0.3 is 71.1 Å². The summed E-state index contributed by atoms with van der Waals surface area (Å²) in [4.78, 5) is 155. The molecule has 0 bridgehead atoms. The molecule has 4 aliphatic heterocycles. The van der Waals surface area contributed by atoms with E-state index < -0.39 is 96.5 Å². The van der Waals surface area contributed by atoms with Gasteiger partial charge in [-0.1, -0.05) is 73.5 Å². The third-order valence-corrected chi connectivity index (χ3v) is 21.4. The van der Waals surface area contributed by atoms with Gasteiger partial charge in [0, 0.05) is 79.8 Å². The molecule has 0 radical (unpaired) electrons. The van der Waals surface area contributed by atoms with E-state index in [1.54, 1.807) is 22.3 Å². The molecule has 28 nitrogen and oxygen atoms in total. The van der Waals surface area contributed by atoms with Crippen LogP contribution < -0.4 is 31.7 Å². The van der Waals surface area contributed by atoms with Gasteiger partial charge in [0.1, 0.15) is 42.2 Å². The molecule has 0 spiro atoms. The zero-order valence-corrected chi connectivity index (χ0v) is 57.9. The predicted octanol–water partition coefficient (Wildman–Crippen LogP) is 5.42. The molecular formula is C68H83ClN13O15PS. The summed E-state index contributed by atoms with van der Waals surface area (Å²) in [5, 5.41) is 32.5. The molecule has 4 fully saturated rings. The van der Waals surface area contributed by atoms with Gasteiger partial charge in [-0.15, -0.1) is 16.4 Å². The lowest BCUT2D eigenvalue weighted by atomic mass is 9.84. The normalized spacial score (nSPS) is 21.3. The van der Waals surface area contributed by atoms with Crippen LogP contribution in [0.25, 0.3) is 21.3 Å². The molecule has 31 heteroatoms. The third kappa shape index (κ3) is 16.7. The van der Waals surface area contributed by atoms with E-state index in [9.17, 15) is 62.6 Å². The van der Waals surface area contributed by atoms with Crippen molar-refractivity contribution >= 4 is 94.2 Å². The number of halogens is 1. The second-order valence-corrected chi connectivity index (χ2v) is 29.8. The van der Waals surface area contributed by atoms with Gasteiger partial charge in [0.15, 0.2) is 0 Å². The summed E-state index contributed by atoms with van der Waals surface area (Å²) in [6.45, 7) is 7.77. The molecule has 3 aromatic heterocycles. The van der Waals surface area contributed by atoms with Gasteiger partial charge in [-0.25, -0.2) is 9.67 Å². The number of likely N-dealkylation sites (tertiary alicyclic amines) is 1. The molecule has 3 aromatic carbocycles. The SMILES string of the molecule is CC(=O)N1CC[C@H]2CC[C@@H](C(=O)N[C@@H](CCC(N)=O)COc3cccc(CCCCCNC(=O)C[C@H](NC(=O)[C@@H]4C[C@@H](O)CN4C(=O)[C@H]4n5nnc(C6CC6)c5COCC4(C)C)c4ccc(-c5scnc5C)cc4)c3Cl)N2C(=O)[C@@H](NC(=O)c2cc3cc(C(=O)P(=O)(O)O)ccc3[nH]2)C1. The van der Waals surface area contributed by atoms with Crippen molar-refractivity contribution in [2.24, 2.45) is 11.1 Å². The molecule has 3 saturated heterocycles. The van der Waals surface area contributed by atoms with E-state index in [0.29, 0.717) is 66.9 Å². The van der Waals surface area contributed by atoms with Crippen LogP contribution in [-0.4, -0.2) is 183 Å². The monoisotopic (exact) mass is 1420 g/mol. The fraction of sp³-hybridized carbons (Fsp3) is 0.500. The first-order chi connectivity index (χ1) is 47.2. The number of nitrogens with one attached hydrogen (secondary N) is 5. The Morgan fingerprint density at radius 1 is 0.939 bits per heavy atom. The largest absolute Gasteiger partial charge is 0.490 e. The second kappa shape index (κ2) is 30.6. The van der Waals surface area contributed by atoms with Crippen molar-refractivity contribution in [3.63, 3.8) is 0 Å². The van der Waals surface area contributed by atoms with Crippen LogP contribution >= 0.6 is 30.5 Å². The Balaban J connectivity index is 0.689. The number of H-pyrrole nitrogens is 1. The number of nitrogens with two attached hydrogens (primary N) is 1. The number of β-amino-alcohol motifs (C(OH)–C–C–N with tert-alkyl or cyclic N) is 1.